The van der Waals surface area contributed by atoms with E-state index in [1.165, 1.54) is 64.2 Å². The third-order valence-corrected chi connectivity index (χ3v) is 7.18. The zero-order chi connectivity index (χ0) is 25.2. The van der Waals surface area contributed by atoms with Crippen LogP contribution in [0.5, 0.6) is 5.75 Å². The molecule has 0 N–H and O–H groups in total. The Morgan fingerprint density at radius 1 is 0.706 bits per heavy atom. The predicted molar refractivity (Wildman–Crippen MR) is 142 cm³/mol. The van der Waals surface area contributed by atoms with Gasteiger partial charge in [-0.1, -0.05) is 127 Å². The van der Waals surface area contributed by atoms with Gasteiger partial charge in [0.2, 0.25) is 0 Å². The molecule has 6 heteroatoms. The van der Waals surface area contributed by atoms with Crippen LogP contribution in [0.4, 0.5) is 0 Å². The minimum absolute atomic E-state index is 0.0754. The molecule has 0 saturated heterocycles. The highest BCUT2D eigenvalue weighted by atomic mass is 35.5. The lowest BCUT2D eigenvalue weighted by molar-refractivity contribution is -0.168. The van der Waals surface area contributed by atoms with Gasteiger partial charge in [0.05, 0.1) is 16.7 Å². The molecule has 0 aliphatic heterocycles. The van der Waals surface area contributed by atoms with Crippen LogP contribution < -0.4 is 4.74 Å². The molecule has 4 nitrogen and oxygen atoms in total. The lowest BCUT2D eigenvalue weighted by atomic mass is 9.82. The molecular weight excluding hydrogens is 471 g/mol. The van der Waals surface area contributed by atoms with Crippen molar-refractivity contribution < 1.29 is 19.1 Å². The van der Waals surface area contributed by atoms with Crippen LogP contribution in [-0.2, 0) is 14.3 Å². The Bertz CT molecular complexity index is 696. The van der Waals surface area contributed by atoms with Crippen molar-refractivity contribution >= 4 is 35.1 Å². The van der Waals surface area contributed by atoms with Gasteiger partial charge in [0, 0.05) is 0 Å². The Labute approximate surface area is 217 Å². The largest absolute Gasteiger partial charge is 0.465 e. The van der Waals surface area contributed by atoms with Crippen molar-refractivity contribution in [2.45, 2.75) is 117 Å². The van der Waals surface area contributed by atoms with Crippen molar-refractivity contribution in [3.63, 3.8) is 0 Å². The van der Waals surface area contributed by atoms with Crippen molar-refractivity contribution in [1.82, 2.24) is 0 Å². The average Bonchev–Trinajstić information content (AvgIpc) is 2.83. The molecule has 0 bridgehead atoms. The number of carbonyl (C=O) groups is 2. The minimum atomic E-state index is -1.36. The maximum atomic E-state index is 13.0. The summed E-state index contributed by atoms with van der Waals surface area (Å²) in [4.78, 5) is 25.8. The SMILES string of the molecule is CCCCCCCCCCCCCCCOC(=O)C(CC)(CC)C(=O)Oc1c(Cl)cccc1Cl. The molecule has 0 fully saturated rings. The molecule has 34 heavy (non-hydrogen) atoms. The van der Waals surface area contributed by atoms with Crippen molar-refractivity contribution in [1.29, 1.82) is 0 Å². The zero-order valence-corrected chi connectivity index (χ0v) is 22.9. The average molecular weight is 516 g/mol. The lowest BCUT2D eigenvalue weighted by Gasteiger charge is -2.27. The van der Waals surface area contributed by atoms with E-state index in [-0.39, 0.29) is 28.6 Å². The van der Waals surface area contributed by atoms with Gasteiger partial charge in [0.1, 0.15) is 0 Å². The van der Waals surface area contributed by atoms with E-state index in [4.69, 9.17) is 32.7 Å². The van der Waals surface area contributed by atoms with E-state index in [0.29, 0.717) is 6.61 Å². The molecule has 0 radical (unpaired) electrons. The highest BCUT2D eigenvalue weighted by Crippen LogP contribution is 2.36. The molecule has 1 rings (SSSR count). The van der Waals surface area contributed by atoms with Gasteiger partial charge in [-0.3, -0.25) is 9.59 Å². The summed E-state index contributed by atoms with van der Waals surface area (Å²) >= 11 is 12.2. The van der Waals surface area contributed by atoms with Crippen LogP contribution >= 0.6 is 23.2 Å². The van der Waals surface area contributed by atoms with Crippen molar-refractivity contribution in [2.75, 3.05) is 6.61 Å². The summed E-state index contributed by atoms with van der Waals surface area (Å²) in [6, 6.07) is 4.84. The van der Waals surface area contributed by atoms with Gasteiger partial charge in [-0.25, -0.2) is 0 Å². The minimum Gasteiger partial charge on any atom is -0.465 e. The Morgan fingerprint density at radius 3 is 1.59 bits per heavy atom. The van der Waals surface area contributed by atoms with Gasteiger partial charge in [0.15, 0.2) is 11.2 Å². The van der Waals surface area contributed by atoms with E-state index < -0.39 is 17.4 Å². The third-order valence-electron chi connectivity index (χ3n) is 6.58. The fourth-order valence-electron chi connectivity index (χ4n) is 4.10. The molecule has 0 aliphatic carbocycles. The van der Waals surface area contributed by atoms with Crippen LogP contribution in [0.15, 0.2) is 18.2 Å². The number of hydrogen-bond donors (Lipinski definition) is 0. The standard InChI is InChI=1S/C28H44Cl2O4/c1-4-7-8-9-10-11-12-13-14-15-16-17-18-22-33-26(31)28(5-2,6-3)27(32)34-25-23(29)20-19-21-24(25)30/h19-21H,4-18,22H2,1-3H3. The van der Waals surface area contributed by atoms with Crippen LogP contribution in [0.25, 0.3) is 0 Å². The van der Waals surface area contributed by atoms with E-state index in [2.05, 4.69) is 6.92 Å². The summed E-state index contributed by atoms with van der Waals surface area (Å²) in [5.41, 5.74) is -1.36. The van der Waals surface area contributed by atoms with Crippen LogP contribution in [0.2, 0.25) is 10.0 Å². The number of halogens is 2. The molecule has 0 spiro atoms. The molecular formula is C28H44Cl2O4. The molecule has 0 heterocycles. The Hall–Kier alpha value is -1.26. The number of ether oxygens (including phenoxy) is 2. The topological polar surface area (TPSA) is 52.6 Å². The lowest BCUT2D eigenvalue weighted by Crippen LogP contribution is -2.42. The van der Waals surface area contributed by atoms with Crippen molar-refractivity contribution in [2.24, 2.45) is 5.41 Å². The summed E-state index contributed by atoms with van der Waals surface area (Å²) < 4.78 is 11.0. The quantitative estimate of drug-likeness (QED) is 0.0797. The first-order valence-electron chi connectivity index (χ1n) is 13.3. The van der Waals surface area contributed by atoms with E-state index in [1.54, 1.807) is 32.0 Å². The van der Waals surface area contributed by atoms with Crippen LogP contribution in [0.3, 0.4) is 0 Å². The molecule has 0 saturated carbocycles. The van der Waals surface area contributed by atoms with Crippen LogP contribution in [0.1, 0.15) is 117 Å². The van der Waals surface area contributed by atoms with Crippen LogP contribution in [0, 0.1) is 5.41 Å². The second kappa shape index (κ2) is 18.1. The zero-order valence-electron chi connectivity index (χ0n) is 21.4. The third kappa shape index (κ3) is 10.6. The van der Waals surface area contributed by atoms with E-state index in [0.717, 1.165) is 19.3 Å². The first-order chi connectivity index (χ1) is 16.4. The monoisotopic (exact) mass is 514 g/mol. The number of rotatable bonds is 19. The molecule has 0 atom stereocenters. The summed E-state index contributed by atoms with van der Waals surface area (Å²) in [6.07, 6.45) is 16.9. The van der Waals surface area contributed by atoms with E-state index >= 15 is 0 Å². The number of hydrogen-bond acceptors (Lipinski definition) is 4. The maximum Gasteiger partial charge on any atom is 0.328 e. The number of benzene rings is 1. The highest BCUT2D eigenvalue weighted by molar-refractivity contribution is 6.37. The van der Waals surface area contributed by atoms with Crippen LogP contribution in [-0.4, -0.2) is 18.5 Å². The molecule has 0 aromatic heterocycles. The molecule has 0 amide bonds. The normalized spacial score (nSPS) is 11.4. The second-order valence-corrected chi connectivity index (χ2v) is 9.92. The summed E-state index contributed by atoms with van der Waals surface area (Å²) in [5.74, 6) is -1.14. The Morgan fingerprint density at radius 2 is 1.15 bits per heavy atom. The second-order valence-electron chi connectivity index (χ2n) is 9.11. The number of para-hydroxylation sites is 1. The summed E-state index contributed by atoms with van der Waals surface area (Å²) in [7, 11) is 0. The predicted octanol–water partition coefficient (Wildman–Crippen LogP) is 9.34. The van der Waals surface area contributed by atoms with Gasteiger partial charge >= 0.3 is 11.9 Å². The first-order valence-corrected chi connectivity index (χ1v) is 14.0. The number of unbranched alkanes of at least 4 members (excludes halogenated alkanes) is 12. The molecule has 194 valence electrons. The number of esters is 2. The summed E-state index contributed by atoms with van der Waals surface area (Å²) in [6.45, 7) is 6.14. The van der Waals surface area contributed by atoms with Crippen molar-refractivity contribution in [3.8, 4) is 5.75 Å². The van der Waals surface area contributed by atoms with Gasteiger partial charge in [-0.05, 0) is 31.4 Å². The smallest absolute Gasteiger partial charge is 0.328 e. The maximum absolute atomic E-state index is 13.0. The summed E-state index contributed by atoms with van der Waals surface area (Å²) in [5, 5.41) is 0.449. The Balaban J connectivity index is 2.29. The van der Waals surface area contributed by atoms with Gasteiger partial charge in [-0.15, -0.1) is 0 Å². The molecule has 0 unspecified atom stereocenters. The molecule has 1 aromatic rings. The van der Waals surface area contributed by atoms with Gasteiger partial charge in [-0.2, -0.15) is 0 Å². The molecule has 0 aliphatic rings. The first kappa shape index (κ1) is 30.8. The van der Waals surface area contributed by atoms with E-state index in [9.17, 15) is 9.59 Å². The fraction of sp³-hybridized carbons (Fsp3) is 0.714. The fourth-order valence-corrected chi connectivity index (χ4v) is 4.58. The van der Waals surface area contributed by atoms with E-state index in [1.807, 2.05) is 0 Å². The van der Waals surface area contributed by atoms with Gasteiger partial charge < -0.3 is 9.47 Å². The van der Waals surface area contributed by atoms with Gasteiger partial charge in [0.25, 0.3) is 0 Å². The molecule has 1 aromatic carbocycles. The Kier molecular flexibility index (Phi) is 16.4. The highest BCUT2D eigenvalue weighted by Gasteiger charge is 2.46. The van der Waals surface area contributed by atoms with Crippen molar-refractivity contribution in [3.05, 3.63) is 28.2 Å². The number of carbonyl (C=O) groups excluding carboxylic acids is 2.